The third-order valence-corrected chi connectivity index (χ3v) is 5.50. The zero-order chi connectivity index (χ0) is 23.1. The molecule has 0 bridgehead atoms. The van der Waals surface area contributed by atoms with Crippen LogP contribution in [0.15, 0.2) is 77.2 Å². The van der Waals surface area contributed by atoms with E-state index in [0.29, 0.717) is 18.6 Å². The molecule has 1 atom stereocenters. The molecule has 1 unspecified atom stereocenters. The Morgan fingerprint density at radius 2 is 1.78 bits per heavy atom. The molecule has 2 aromatic carbocycles. The molecule has 0 radical (unpaired) electrons. The fraction of sp³-hybridized carbons (Fsp3) is 0.240. The zero-order valence-electron chi connectivity index (χ0n) is 17.4. The van der Waals surface area contributed by atoms with Gasteiger partial charge in [0.1, 0.15) is 11.6 Å². The number of aliphatic imine (C=N–C) groups is 1. The molecule has 0 aliphatic carbocycles. The van der Waals surface area contributed by atoms with Crippen molar-refractivity contribution >= 4 is 23.0 Å². The van der Waals surface area contributed by atoms with E-state index in [1.54, 1.807) is 6.08 Å². The largest absolute Gasteiger partial charge is 0.445 e. The van der Waals surface area contributed by atoms with Crippen LogP contribution in [-0.2, 0) is 0 Å². The molecule has 0 saturated carbocycles. The Morgan fingerprint density at radius 1 is 1.09 bits per heavy atom. The van der Waals surface area contributed by atoms with Crippen molar-refractivity contribution in [3.05, 3.63) is 101 Å². The number of benzene rings is 2. The highest BCUT2D eigenvalue weighted by atomic mass is 32.2. The van der Waals surface area contributed by atoms with Crippen molar-refractivity contribution < 1.29 is 22.0 Å². The van der Waals surface area contributed by atoms with Crippen molar-refractivity contribution in [3.8, 4) is 0 Å². The predicted molar refractivity (Wildman–Crippen MR) is 122 cm³/mol. The molecule has 3 rings (SSSR count). The van der Waals surface area contributed by atoms with Gasteiger partial charge in [-0.05, 0) is 65.3 Å². The summed E-state index contributed by atoms with van der Waals surface area (Å²) < 4.78 is 65.0. The smallest absolute Gasteiger partial charge is 0.281 e. The Morgan fingerprint density at radius 3 is 2.41 bits per heavy atom. The Hall–Kier alpha value is -2.67. The van der Waals surface area contributed by atoms with E-state index in [9.17, 15) is 22.0 Å². The maximum atomic E-state index is 14.1. The summed E-state index contributed by atoms with van der Waals surface area (Å²) in [6, 6.07) is 11.1. The van der Waals surface area contributed by atoms with Crippen LogP contribution in [0.4, 0.5) is 22.0 Å². The Bertz CT molecular complexity index is 1030. The number of thioether (sulfide) groups is 1. The minimum Gasteiger partial charge on any atom is -0.281 e. The maximum absolute atomic E-state index is 14.1. The average Bonchev–Trinajstić information content (AvgIpc) is 3.22. The van der Waals surface area contributed by atoms with Gasteiger partial charge in [-0.3, -0.25) is 4.99 Å². The first kappa shape index (κ1) is 24.0. The standard InChI is InChI=1S/C25H22F5NS/c1-2-3-6-17(7-5-16-32-25(28,29)30)18-10-12-19(13-11-18)22-14-15-23(31-22)24-20(26)8-4-9-21(24)27/h3-13,16,22H,2,14-15H2,1H3/b6-3-,16-5+,17-7+. The summed E-state index contributed by atoms with van der Waals surface area (Å²) in [5.41, 5.74) is -1.40. The summed E-state index contributed by atoms with van der Waals surface area (Å²) in [7, 11) is 0. The third kappa shape index (κ3) is 6.42. The van der Waals surface area contributed by atoms with Crippen LogP contribution < -0.4 is 0 Å². The quantitative estimate of drug-likeness (QED) is 0.297. The highest BCUT2D eigenvalue weighted by molar-refractivity contribution is 8.02. The molecule has 0 saturated heterocycles. The molecular weight excluding hydrogens is 441 g/mol. The highest BCUT2D eigenvalue weighted by Crippen LogP contribution is 2.33. The Labute approximate surface area is 188 Å². The van der Waals surface area contributed by atoms with Gasteiger partial charge in [0.2, 0.25) is 0 Å². The molecule has 1 aliphatic heterocycles. The molecule has 0 amide bonds. The Kier molecular flexibility index (Phi) is 8.07. The first-order chi connectivity index (χ1) is 15.3. The molecule has 168 valence electrons. The fourth-order valence-electron chi connectivity index (χ4n) is 3.44. The number of hydrogen-bond acceptors (Lipinski definition) is 2. The van der Waals surface area contributed by atoms with Crippen LogP contribution in [0.5, 0.6) is 0 Å². The van der Waals surface area contributed by atoms with Gasteiger partial charge in [0.25, 0.3) is 0 Å². The highest BCUT2D eigenvalue weighted by Gasteiger charge is 2.26. The van der Waals surface area contributed by atoms with Crippen LogP contribution in [0.3, 0.4) is 0 Å². The van der Waals surface area contributed by atoms with Crippen molar-refractivity contribution in [3.63, 3.8) is 0 Å². The fourth-order valence-corrected chi connectivity index (χ4v) is 3.76. The molecule has 2 aromatic rings. The number of halogens is 5. The minimum absolute atomic E-state index is 0.0648. The SMILES string of the molecule is CC\C=C/C(=C\C=C\SC(F)(F)F)c1ccc(C2CCC(c3c(F)cccc3F)=N2)cc1. The lowest BCUT2D eigenvalue weighted by Crippen LogP contribution is -2.03. The van der Waals surface area contributed by atoms with Crippen LogP contribution in [-0.4, -0.2) is 11.2 Å². The van der Waals surface area contributed by atoms with Crippen LogP contribution >= 0.6 is 11.8 Å². The van der Waals surface area contributed by atoms with Crippen molar-refractivity contribution in [1.82, 2.24) is 0 Å². The van der Waals surface area contributed by atoms with E-state index in [4.69, 9.17) is 0 Å². The maximum Gasteiger partial charge on any atom is 0.445 e. The second-order valence-electron chi connectivity index (χ2n) is 7.17. The summed E-state index contributed by atoms with van der Waals surface area (Å²) in [5.74, 6) is -1.23. The van der Waals surface area contributed by atoms with Gasteiger partial charge in [-0.2, -0.15) is 13.2 Å². The van der Waals surface area contributed by atoms with E-state index < -0.39 is 17.1 Å². The lowest BCUT2D eigenvalue weighted by Gasteiger charge is -2.09. The normalized spacial score (nSPS) is 17.5. The molecule has 0 N–H and O–H groups in total. The van der Waals surface area contributed by atoms with E-state index in [1.807, 2.05) is 43.3 Å². The number of hydrogen-bond donors (Lipinski definition) is 0. The minimum atomic E-state index is -4.31. The van der Waals surface area contributed by atoms with Gasteiger partial charge in [0, 0.05) is 5.71 Å². The van der Waals surface area contributed by atoms with Crippen LogP contribution in [0, 0.1) is 11.6 Å². The second-order valence-corrected chi connectivity index (χ2v) is 8.14. The van der Waals surface area contributed by atoms with Crippen molar-refractivity contribution in [2.24, 2.45) is 4.99 Å². The molecule has 32 heavy (non-hydrogen) atoms. The van der Waals surface area contributed by atoms with Crippen molar-refractivity contribution in [2.75, 3.05) is 0 Å². The summed E-state index contributed by atoms with van der Waals surface area (Å²) in [4.78, 5) is 4.55. The lowest BCUT2D eigenvalue weighted by atomic mass is 9.98. The summed E-state index contributed by atoms with van der Waals surface area (Å²) in [5, 5.41) is 1.00. The predicted octanol–water partition coefficient (Wildman–Crippen LogP) is 8.41. The van der Waals surface area contributed by atoms with Crippen molar-refractivity contribution in [1.29, 1.82) is 0 Å². The molecular formula is C25H22F5NS. The molecule has 1 heterocycles. The van der Waals surface area contributed by atoms with Crippen molar-refractivity contribution in [2.45, 2.75) is 37.7 Å². The summed E-state index contributed by atoms with van der Waals surface area (Å²) in [6.07, 6.45) is 8.73. The third-order valence-electron chi connectivity index (χ3n) is 4.94. The summed E-state index contributed by atoms with van der Waals surface area (Å²) >= 11 is -0.203. The second kappa shape index (κ2) is 10.8. The average molecular weight is 464 g/mol. The van der Waals surface area contributed by atoms with Crippen LogP contribution in [0.2, 0.25) is 0 Å². The number of alkyl halides is 3. The number of rotatable bonds is 7. The van der Waals surface area contributed by atoms with Crippen LogP contribution in [0.1, 0.15) is 48.9 Å². The topological polar surface area (TPSA) is 12.4 Å². The van der Waals surface area contributed by atoms with E-state index >= 15 is 0 Å². The number of nitrogens with zero attached hydrogens (tertiary/aromatic N) is 1. The van der Waals surface area contributed by atoms with Gasteiger partial charge in [-0.15, -0.1) is 0 Å². The Balaban J connectivity index is 1.79. The first-order valence-corrected chi connectivity index (χ1v) is 11.1. The summed E-state index contributed by atoms with van der Waals surface area (Å²) in [6.45, 7) is 1.97. The van der Waals surface area contributed by atoms with Gasteiger partial charge in [0.05, 0.1) is 11.6 Å². The lowest BCUT2D eigenvalue weighted by molar-refractivity contribution is -0.0320. The molecule has 1 aliphatic rings. The van der Waals surface area contributed by atoms with Gasteiger partial charge < -0.3 is 0 Å². The van der Waals surface area contributed by atoms with Gasteiger partial charge in [0.15, 0.2) is 0 Å². The van der Waals surface area contributed by atoms with E-state index in [-0.39, 0.29) is 23.4 Å². The van der Waals surface area contributed by atoms with E-state index in [2.05, 4.69) is 4.99 Å². The molecule has 0 fully saturated rings. The van der Waals surface area contributed by atoms with Gasteiger partial charge in [-0.25, -0.2) is 8.78 Å². The molecule has 0 aromatic heterocycles. The molecule has 0 spiro atoms. The monoisotopic (exact) mass is 463 g/mol. The van der Waals surface area contributed by atoms with E-state index in [0.717, 1.165) is 28.5 Å². The van der Waals surface area contributed by atoms with Crippen LogP contribution in [0.25, 0.3) is 5.57 Å². The molecule has 7 heteroatoms. The van der Waals surface area contributed by atoms with Gasteiger partial charge >= 0.3 is 5.51 Å². The van der Waals surface area contributed by atoms with E-state index in [1.165, 1.54) is 24.3 Å². The van der Waals surface area contributed by atoms with Gasteiger partial charge in [-0.1, -0.05) is 61.6 Å². The molecule has 1 nitrogen and oxygen atoms in total. The zero-order valence-corrected chi connectivity index (χ0v) is 18.2. The number of allylic oxidation sites excluding steroid dienone is 5. The first-order valence-electron chi connectivity index (χ1n) is 10.2.